The van der Waals surface area contributed by atoms with E-state index in [9.17, 15) is 8.42 Å². The minimum Gasteiger partial charge on any atom is -0.316 e. The lowest BCUT2D eigenvalue weighted by atomic mass is 10.2. The molecule has 0 bridgehead atoms. The molecule has 0 radical (unpaired) electrons. The number of hydrogen-bond donors (Lipinski definition) is 2. The first-order chi connectivity index (χ1) is 8.49. The van der Waals surface area contributed by atoms with Gasteiger partial charge in [-0.05, 0) is 31.7 Å². The first kappa shape index (κ1) is 14.7. The molecule has 1 aromatic carbocycles. The lowest BCUT2D eigenvalue weighted by molar-refractivity contribution is 0.563. The van der Waals surface area contributed by atoms with Gasteiger partial charge in [-0.25, -0.2) is 13.1 Å². The largest absolute Gasteiger partial charge is 0.316 e. The van der Waals surface area contributed by atoms with Gasteiger partial charge in [0.25, 0.3) is 0 Å². The molecular weight excluding hydrogens is 248 g/mol. The predicted octanol–water partition coefficient (Wildman–Crippen LogP) is 1.10. The molecule has 0 aliphatic carbocycles. The van der Waals surface area contributed by atoms with Gasteiger partial charge in [-0.15, -0.1) is 12.3 Å². The van der Waals surface area contributed by atoms with Gasteiger partial charge in [0, 0.05) is 19.0 Å². The maximum Gasteiger partial charge on any atom is 0.240 e. The van der Waals surface area contributed by atoms with Gasteiger partial charge >= 0.3 is 0 Å². The summed E-state index contributed by atoms with van der Waals surface area (Å²) in [5, 5.41) is 3.00. The van der Waals surface area contributed by atoms with Gasteiger partial charge in [0.15, 0.2) is 0 Å². The van der Waals surface area contributed by atoms with Crippen LogP contribution in [-0.2, 0) is 16.6 Å². The lowest BCUT2D eigenvalue weighted by Crippen LogP contribution is -2.32. The van der Waals surface area contributed by atoms with E-state index in [4.69, 9.17) is 6.42 Å². The van der Waals surface area contributed by atoms with Crippen LogP contribution in [0, 0.1) is 12.3 Å². The molecule has 1 aromatic rings. The average Bonchev–Trinajstić information content (AvgIpc) is 2.29. The lowest BCUT2D eigenvalue weighted by Gasteiger charge is -2.12. The molecule has 0 fully saturated rings. The highest BCUT2D eigenvalue weighted by Crippen LogP contribution is 2.11. The molecule has 1 atom stereocenters. The van der Waals surface area contributed by atoms with Crippen molar-refractivity contribution in [1.29, 1.82) is 0 Å². The molecule has 0 heterocycles. The SMILES string of the molecule is C#CCC(C)NS(=O)(=O)c1ccc(CNC)cc1. The number of nitrogens with one attached hydrogen (secondary N) is 2. The van der Waals surface area contributed by atoms with Crippen LogP contribution in [0.15, 0.2) is 29.2 Å². The number of terminal acetylenes is 1. The van der Waals surface area contributed by atoms with E-state index in [1.54, 1.807) is 31.2 Å². The summed E-state index contributed by atoms with van der Waals surface area (Å²) >= 11 is 0. The topological polar surface area (TPSA) is 58.2 Å². The van der Waals surface area contributed by atoms with E-state index in [0.717, 1.165) is 5.56 Å². The third-order valence-corrected chi connectivity index (χ3v) is 4.00. The number of hydrogen-bond acceptors (Lipinski definition) is 3. The fraction of sp³-hybridized carbons (Fsp3) is 0.385. The van der Waals surface area contributed by atoms with E-state index in [0.29, 0.717) is 13.0 Å². The Balaban J connectivity index is 2.82. The Hall–Kier alpha value is -1.35. The van der Waals surface area contributed by atoms with Crippen molar-refractivity contribution in [3.8, 4) is 12.3 Å². The van der Waals surface area contributed by atoms with Crippen LogP contribution in [0.5, 0.6) is 0 Å². The van der Waals surface area contributed by atoms with Gasteiger partial charge in [-0.1, -0.05) is 12.1 Å². The Morgan fingerprint density at radius 1 is 1.33 bits per heavy atom. The number of benzene rings is 1. The highest BCUT2D eigenvalue weighted by molar-refractivity contribution is 7.89. The van der Waals surface area contributed by atoms with E-state index in [1.165, 1.54) is 0 Å². The van der Waals surface area contributed by atoms with Crippen molar-refractivity contribution < 1.29 is 8.42 Å². The fourth-order valence-corrected chi connectivity index (χ4v) is 2.79. The molecule has 0 aliphatic heterocycles. The Morgan fingerprint density at radius 2 is 1.94 bits per heavy atom. The summed E-state index contributed by atoms with van der Waals surface area (Å²) < 4.78 is 26.5. The molecule has 1 unspecified atom stereocenters. The van der Waals surface area contributed by atoms with E-state index < -0.39 is 10.0 Å². The van der Waals surface area contributed by atoms with Crippen molar-refractivity contribution in [2.45, 2.75) is 30.8 Å². The molecule has 2 N–H and O–H groups in total. The number of rotatable bonds is 6. The predicted molar refractivity (Wildman–Crippen MR) is 72.4 cm³/mol. The van der Waals surface area contributed by atoms with Crippen LogP contribution in [0.3, 0.4) is 0 Å². The average molecular weight is 266 g/mol. The highest BCUT2D eigenvalue weighted by Gasteiger charge is 2.16. The summed E-state index contributed by atoms with van der Waals surface area (Å²) in [5.41, 5.74) is 1.04. The van der Waals surface area contributed by atoms with Gasteiger partial charge in [-0.3, -0.25) is 0 Å². The van der Waals surface area contributed by atoms with Crippen molar-refractivity contribution in [1.82, 2.24) is 10.0 Å². The molecule has 18 heavy (non-hydrogen) atoms. The van der Waals surface area contributed by atoms with Crippen LogP contribution in [0.4, 0.5) is 0 Å². The first-order valence-electron chi connectivity index (χ1n) is 5.69. The van der Waals surface area contributed by atoms with Gasteiger partial charge in [0.1, 0.15) is 0 Å². The molecule has 0 saturated heterocycles. The smallest absolute Gasteiger partial charge is 0.240 e. The van der Waals surface area contributed by atoms with E-state index in [1.807, 2.05) is 7.05 Å². The second-order valence-corrected chi connectivity index (χ2v) is 5.82. The molecule has 0 aliphatic rings. The van der Waals surface area contributed by atoms with Crippen LogP contribution in [0.1, 0.15) is 18.9 Å². The van der Waals surface area contributed by atoms with Crippen LogP contribution >= 0.6 is 0 Å². The second kappa shape index (κ2) is 6.55. The van der Waals surface area contributed by atoms with Crippen LogP contribution in [0.2, 0.25) is 0 Å². The Kier molecular flexibility index (Phi) is 5.35. The van der Waals surface area contributed by atoms with Gasteiger partial charge in [-0.2, -0.15) is 0 Å². The van der Waals surface area contributed by atoms with Crippen molar-refractivity contribution in [2.75, 3.05) is 7.05 Å². The zero-order valence-electron chi connectivity index (χ0n) is 10.6. The van der Waals surface area contributed by atoms with E-state index >= 15 is 0 Å². The third-order valence-electron chi connectivity index (χ3n) is 2.39. The summed E-state index contributed by atoms with van der Waals surface area (Å²) in [6.45, 7) is 2.45. The van der Waals surface area contributed by atoms with Gasteiger partial charge in [0.2, 0.25) is 10.0 Å². The van der Waals surface area contributed by atoms with Crippen LogP contribution < -0.4 is 10.0 Å². The van der Waals surface area contributed by atoms with Gasteiger partial charge in [0.05, 0.1) is 4.90 Å². The molecule has 0 amide bonds. The van der Waals surface area contributed by atoms with Crippen molar-refractivity contribution >= 4 is 10.0 Å². The summed E-state index contributed by atoms with van der Waals surface area (Å²) in [6, 6.07) is 6.50. The maximum atomic E-state index is 12.0. The fourth-order valence-electron chi connectivity index (χ4n) is 1.54. The minimum absolute atomic E-state index is 0.256. The molecule has 0 saturated carbocycles. The molecule has 98 valence electrons. The van der Waals surface area contributed by atoms with Gasteiger partial charge < -0.3 is 5.32 Å². The quantitative estimate of drug-likeness (QED) is 0.758. The second-order valence-electron chi connectivity index (χ2n) is 4.10. The summed E-state index contributed by atoms with van der Waals surface area (Å²) in [5.74, 6) is 2.43. The Morgan fingerprint density at radius 3 is 2.44 bits per heavy atom. The third kappa shape index (κ3) is 4.15. The van der Waals surface area contributed by atoms with Crippen LogP contribution in [0.25, 0.3) is 0 Å². The first-order valence-corrected chi connectivity index (χ1v) is 7.17. The minimum atomic E-state index is -3.48. The molecule has 1 rings (SSSR count). The van der Waals surface area contributed by atoms with Crippen molar-refractivity contribution in [3.05, 3.63) is 29.8 Å². The number of sulfonamides is 1. The Labute approximate surface area is 109 Å². The van der Waals surface area contributed by atoms with Crippen molar-refractivity contribution in [3.63, 3.8) is 0 Å². The molecule has 5 heteroatoms. The molecule has 0 aromatic heterocycles. The van der Waals surface area contributed by atoms with E-state index in [-0.39, 0.29) is 10.9 Å². The zero-order chi connectivity index (χ0) is 13.6. The zero-order valence-corrected chi connectivity index (χ0v) is 11.4. The Bertz CT molecular complexity index is 515. The molecular formula is C13H18N2O2S. The monoisotopic (exact) mass is 266 g/mol. The standard InChI is InChI=1S/C13H18N2O2S/c1-4-5-11(2)15-18(16,17)13-8-6-12(7-9-13)10-14-3/h1,6-9,11,14-15H,5,10H2,2-3H3. The summed E-state index contributed by atoms with van der Waals surface area (Å²) in [4.78, 5) is 0.256. The molecule has 0 spiro atoms. The highest BCUT2D eigenvalue weighted by atomic mass is 32.2. The molecule has 4 nitrogen and oxygen atoms in total. The summed E-state index contributed by atoms with van der Waals surface area (Å²) in [6.07, 6.45) is 5.52. The van der Waals surface area contributed by atoms with E-state index in [2.05, 4.69) is 16.0 Å². The van der Waals surface area contributed by atoms with Crippen LogP contribution in [-0.4, -0.2) is 21.5 Å². The maximum absolute atomic E-state index is 12.0. The summed E-state index contributed by atoms with van der Waals surface area (Å²) in [7, 11) is -1.64. The normalized spacial score (nSPS) is 12.9. The van der Waals surface area contributed by atoms with Crippen molar-refractivity contribution in [2.24, 2.45) is 0 Å².